The van der Waals surface area contributed by atoms with Crippen molar-refractivity contribution in [3.05, 3.63) is 35.4 Å². The molecule has 1 N–H and O–H groups in total. The molecule has 1 aromatic carbocycles. The summed E-state index contributed by atoms with van der Waals surface area (Å²) in [5, 5.41) is 3.09. The average Bonchev–Trinajstić information content (AvgIpc) is 2.65. The number of amides is 2. The lowest BCUT2D eigenvalue weighted by Gasteiger charge is -2.41. The molecule has 2 aliphatic rings. The van der Waals surface area contributed by atoms with E-state index in [2.05, 4.69) is 24.1 Å². The molecule has 1 saturated heterocycles. The summed E-state index contributed by atoms with van der Waals surface area (Å²) in [4.78, 5) is 29.0. The van der Waals surface area contributed by atoms with Crippen LogP contribution in [-0.4, -0.2) is 66.0 Å². The summed E-state index contributed by atoms with van der Waals surface area (Å²) in [6.45, 7) is 10.1. The highest BCUT2D eigenvalue weighted by molar-refractivity contribution is 5.87. The van der Waals surface area contributed by atoms with Crippen molar-refractivity contribution in [1.82, 2.24) is 15.1 Å². The molecule has 2 heterocycles. The van der Waals surface area contributed by atoms with E-state index in [-0.39, 0.29) is 17.4 Å². The van der Waals surface area contributed by atoms with Crippen LogP contribution in [0.5, 0.6) is 0 Å². The van der Waals surface area contributed by atoms with Crippen molar-refractivity contribution in [3.63, 3.8) is 0 Å². The summed E-state index contributed by atoms with van der Waals surface area (Å²) < 4.78 is 5.42. The topological polar surface area (TPSA) is 61.9 Å². The summed E-state index contributed by atoms with van der Waals surface area (Å²) in [6.07, 6.45) is 0.569. The molecule has 1 fully saturated rings. The largest absolute Gasteiger partial charge is 0.379 e. The van der Waals surface area contributed by atoms with Gasteiger partial charge in [-0.25, -0.2) is 0 Å². The van der Waals surface area contributed by atoms with E-state index >= 15 is 0 Å². The molecule has 6 nitrogen and oxygen atoms in total. The van der Waals surface area contributed by atoms with Gasteiger partial charge in [0.15, 0.2) is 0 Å². The Balaban J connectivity index is 1.66. The molecule has 1 aromatic rings. The second-order valence-electron chi connectivity index (χ2n) is 7.77. The van der Waals surface area contributed by atoms with Crippen molar-refractivity contribution < 1.29 is 14.3 Å². The second-order valence-corrected chi connectivity index (χ2v) is 7.77. The number of morpholine rings is 1. The first kappa shape index (κ1) is 18.9. The first-order valence-electron chi connectivity index (χ1n) is 9.33. The Morgan fingerprint density at radius 1 is 1.19 bits per heavy atom. The van der Waals surface area contributed by atoms with Gasteiger partial charge < -0.3 is 15.0 Å². The minimum Gasteiger partial charge on any atom is -0.379 e. The summed E-state index contributed by atoms with van der Waals surface area (Å²) in [5.74, 6) is -0.136. The Morgan fingerprint density at radius 3 is 2.50 bits per heavy atom. The van der Waals surface area contributed by atoms with Crippen molar-refractivity contribution in [2.75, 3.05) is 32.8 Å². The molecule has 2 aliphatic heterocycles. The molecule has 0 saturated carbocycles. The maximum atomic E-state index is 12.9. The zero-order valence-electron chi connectivity index (χ0n) is 16.0. The standard InChI is InChI=1S/C20H29N3O3/c1-15(24)23-13-17-7-5-4-6-16(17)12-18(23)19(25)21-14-20(2,3)22-8-10-26-11-9-22/h4-7,18H,8-14H2,1-3H3,(H,21,25)/t18-/m1/s1. The number of ether oxygens (including phenoxy) is 1. The molecule has 0 bridgehead atoms. The Hall–Kier alpha value is -1.92. The van der Waals surface area contributed by atoms with Crippen molar-refractivity contribution in [1.29, 1.82) is 0 Å². The van der Waals surface area contributed by atoms with E-state index in [0.717, 1.165) is 37.4 Å². The number of carbonyl (C=O) groups excluding carboxylic acids is 2. The Kier molecular flexibility index (Phi) is 5.63. The van der Waals surface area contributed by atoms with E-state index < -0.39 is 6.04 Å². The van der Waals surface area contributed by atoms with Crippen LogP contribution in [0.4, 0.5) is 0 Å². The number of carbonyl (C=O) groups is 2. The van der Waals surface area contributed by atoms with E-state index in [1.54, 1.807) is 4.90 Å². The van der Waals surface area contributed by atoms with Gasteiger partial charge in [-0.3, -0.25) is 14.5 Å². The number of hydrogen-bond donors (Lipinski definition) is 1. The van der Waals surface area contributed by atoms with Crippen molar-refractivity contribution >= 4 is 11.8 Å². The third-order valence-corrected chi connectivity index (χ3v) is 5.52. The fourth-order valence-corrected chi connectivity index (χ4v) is 3.79. The first-order valence-corrected chi connectivity index (χ1v) is 9.33. The van der Waals surface area contributed by atoms with Gasteiger partial charge in [0.25, 0.3) is 0 Å². The maximum absolute atomic E-state index is 12.9. The summed E-state index contributed by atoms with van der Waals surface area (Å²) in [7, 11) is 0. The predicted octanol–water partition coefficient (Wildman–Crippen LogP) is 1.19. The molecule has 26 heavy (non-hydrogen) atoms. The van der Waals surface area contributed by atoms with E-state index in [4.69, 9.17) is 4.74 Å². The van der Waals surface area contributed by atoms with E-state index in [1.165, 1.54) is 6.92 Å². The van der Waals surface area contributed by atoms with Crippen LogP contribution in [0.15, 0.2) is 24.3 Å². The quantitative estimate of drug-likeness (QED) is 0.877. The zero-order valence-corrected chi connectivity index (χ0v) is 16.0. The highest BCUT2D eigenvalue weighted by Crippen LogP contribution is 2.24. The van der Waals surface area contributed by atoms with Crippen molar-refractivity contribution in [2.24, 2.45) is 0 Å². The highest BCUT2D eigenvalue weighted by atomic mass is 16.5. The molecular weight excluding hydrogens is 330 g/mol. The fraction of sp³-hybridized carbons (Fsp3) is 0.600. The summed E-state index contributed by atoms with van der Waals surface area (Å²) in [6, 6.07) is 7.59. The molecule has 0 radical (unpaired) electrons. The number of nitrogens with zero attached hydrogens (tertiary/aromatic N) is 2. The average molecular weight is 359 g/mol. The second kappa shape index (κ2) is 7.76. The van der Waals surface area contributed by atoms with Gasteiger partial charge >= 0.3 is 0 Å². The van der Waals surface area contributed by atoms with Crippen LogP contribution in [-0.2, 0) is 27.3 Å². The normalized spacial score (nSPS) is 21.2. The van der Waals surface area contributed by atoms with Crippen LogP contribution in [0, 0.1) is 0 Å². The van der Waals surface area contributed by atoms with Crippen LogP contribution >= 0.6 is 0 Å². The fourth-order valence-electron chi connectivity index (χ4n) is 3.79. The number of fused-ring (bicyclic) bond motifs is 1. The van der Waals surface area contributed by atoms with Gasteiger partial charge in [0.05, 0.1) is 13.2 Å². The first-order chi connectivity index (χ1) is 12.4. The Labute approximate surface area is 155 Å². The third kappa shape index (κ3) is 4.07. The lowest BCUT2D eigenvalue weighted by atomic mass is 9.93. The zero-order chi connectivity index (χ0) is 18.7. The maximum Gasteiger partial charge on any atom is 0.243 e. The molecule has 6 heteroatoms. The van der Waals surface area contributed by atoms with Gasteiger partial charge in [0, 0.05) is 45.1 Å². The van der Waals surface area contributed by atoms with Gasteiger partial charge in [0.1, 0.15) is 6.04 Å². The van der Waals surface area contributed by atoms with Gasteiger partial charge in [-0.05, 0) is 25.0 Å². The minimum atomic E-state index is -0.442. The molecule has 0 aliphatic carbocycles. The molecule has 2 amide bonds. The van der Waals surface area contributed by atoms with Crippen LogP contribution in [0.2, 0.25) is 0 Å². The minimum absolute atomic E-state index is 0.0629. The van der Waals surface area contributed by atoms with Crippen LogP contribution in [0.25, 0.3) is 0 Å². The highest BCUT2D eigenvalue weighted by Gasteiger charge is 2.35. The summed E-state index contributed by atoms with van der Waals surface area (Å²) in [5.41, 5.74) is 2.13. The van der Waals surface area contributed by atoms with Crippen molar-refractivity contribution in [2.45, 2.75) is 45.3 Å². The SMILES string of the molecule is CC(=O)N1Cc2ccccc2C[C@@H]1C(=O)NCC(C)(C)N1CCOCC1. The predicted molar refractivity (Wildman–Crippen MR) is 99.6 cm³/mol. The number of rotatable bonds is 4. The Bertz CT molecular complexity index is 668. The smallest absolute Gasteiger partial charge is 0.243 e. The molecule has 3 rings (SSSR count). The lowest BCUT2D eigenvalue weighted by molar-refractivity contribution is -0.140. The Morgan fingerprint density at radius 2 is 1.85 bits per heavy atom. The molecule has 142 valence electrons. The molecule has 1 atom stereocenters. The summed E-state index contributed by atoms with van der Waals surface area (Å²) >= 11 is 0. The van der Waals surface area contributed by atoms with E-state index in [9.17, 15) is 9.59 Å². The lowest BCUT2D eigenvalue weighted by Crippen LogP contribution is -2.58. The molecule has 0 aromatic heterocycles. The number of nitrogens with one attached hydrogen (secondary N) is 1. The molecule has 0 unspecified atom stereocenters. The van der Waals surface area contributed by atoms with Crippen LogP contribution < -0.4 is 5.32 Å². The number of hydrogen-bond acceptors (Lipinski definition) is 4. The number of benzene rings is 1. The van der Waals surface area contributed by atoms with Gasteiger partial charge in [-0.15, -0.1) is 0 Å². The van der Waals surface area contributed by atoms with Gasteiger partial charge in [0.2, 0.25) is 11.8 Å². The van der Waals surface area contributed by atoms with Crippen LogP contribution in [0.3, 0.4) is 0 Å². The van der Waals surface area contributed by atoms with Crippen molar-refractivity contribution in [3.8, 4) is 0 Å². The molecule has 0 spiro atoms. The van der Waals surface area contributed by atoms with Gasteiger partial charge in [-0.1, -0.05) is 24.3 Å². The van der Waals surface area contributed by atoms with Gasteiger partial charge in [-0.2, -0.15) is 0 Å². The van der Waals surface area contributed by atoms with E-state index in [1.807, 2.05) is 24.3 Å². The van der Waals surface area contributed by atoms with E-state index in [0.29, 0.717) is 19.5 Å². The molecular formula is C20H29N3O3. The van der Waals surface area contributed by atoms with Crippen LogP contribution in [0.1, 0.15) is 31.9 Å². The third-order valence-electron chi connectivity index (χ3n) is 5.52. The monoisotopic (exact) mass is 359 g/mol.